The van der Waals surface area contributed by atoms with Crippen molar-refractivity contribution in [1.29, 1.82) is 0 Å². The topological polar surface area (TPSA) is 52.0 Å². The molecule has 0 radical (unpaired) electrons. The first-order valence-electron chi connectivity index (χ1n) is 3.08. The van der Waals surface area contributed by atoms with Crippen LogP contribution in [0.4, 0.5) is 5.82 Å². The van der Waals surface area contributed by atoms with E-state index in [2.05, 4.69) is 5.16 Å². The van der Waals surface area contributed by atoms with Crippen LogP contribution in [0.5, 0.6) is 0 Å². The average molecular weight is 169 g/mol. The van der Waals surface area contributed by atoms with E-state index in [1.807, 2.05) is 0 Å². The van der Waals surface area contributed by atoms with E-state index >= 15 is 0 Å². The van der Waals surface area contributed by atoms with Gasteiger partial charge in [-0.25, -0.2) is 0 Å². The monoisotopic (exact) mass is 168 g/mol. The molecule has 0 atom stereocenters. The van der Waals surface area contributed by atoms with Crippen LogP contribution < -0.4 is 5.73 Å². The van der Waals surface area contributed by atoms with Crippen LogP contribution in [-0.2, 0) is 0 Å². The van der Waals surface area contributed by atoms with Gasteiger partial charge in [0.2, 0.25) is 0 Å². The van der Waals surface area contributed by atoms with Gasteiger partial charge in [0.15, 0.2) is 11.4 Å². The molecule has 4 heteroatoms. The highest BCUT2D eigenvalue weighted by Crippen LogP contribution is 2.27. The van der Waals surface area contributed by atoms with Crippen molar-refractivity contribution in [3.05, 3.63) is 23.2 Å². The van der Waals surface area contributed by atoms with Gasteiger partial charge < -0.3 is 10.3 Å². The normalized spacial score (nSPS) is 10.6. The number of halogens is 1. The number of nitrogen functional groups attached to an aromatic ring is 1. The molecule has 0 saturated carbocycles. The van der Waals surface area contributed by atoms with E-state index in [0.29, 0.717) is 21.8 Å². The van der Waals surface area contributed by atoms with E-state index in [-0.39, 0.29) is 0 Å². The van der Waals surface area contributed by atoms with Gasteiger partial charge in [0, 0.05) is 0 Å². The van der Waals surface area contributed by atoms with Gasteiger partial charge in [0.05, 0.1) is 10.4 Å². The fourth-order valence-electron chi connectivity index (χ4n) is 0.973. The summed E-state index contributed by atoms with van der Waals surface area (Å²) in [4.78, 5) is 0. The minimum Gasteiger partial charge on any atom is -0.380 e. The lowest BCUT2D eigenvalue weighted by atomic mass is 10.2. The molecule has 11 heavy (non-hydrogen) atoms. The predicted molar refractivity (Wildman–Crippen MR) is 43.4 cm³/mol. The van der Waals surface area contributed by atoms with Gasteiger partial charge in [-0.1, -0.05) is 22.8 Å². The van der Waals surface area contributed by atoms with Crippen LogP contribution >= 0.6 is 11.6 Å². The lowest BCUT2D eigenvalue weighted by molar-refractivity contribution is 0.460. The second kappa shape index (κ2) is 2.13. The van der Waals surface area contributed by atoms with Crippen molar-refractivity contribution in [2.24, 2.45) is 0 Å². The molecule has 0 amide bonds. The van der Waals surface area contributed by atoms with Crippen molar-refractivity contribution >= 4 is 28.4 Å². The van der Waals surface area contributed by atoms with Crippen LogP contribution in [0.1, 0.15) is 0 Å². The van der Waals surface area contributed by atoms with Crippen LogP contribution in [0, 0.1) is 0 Å². The Bertz CT molecular complexity index is 396. The third-order valence-electron chi connectivity index (χ3n) is 1.47. The largest absolute Gasteiger partial charge is 0.380 e. The standard InChI is InChI=1S/C7H5ClN2O/c8-4-2-1-3-5-6(4)7(9)10-11-5/h1-3H,(H2,9,10). The van der Waals surface area contributed by atoms with Gasteiger partial charge in [-0.2, -0.15) is 0 Å². The maximum Gasteiger partial charge on any atom is 0.176 e. The second-order valence-electron chi connectivity index (χ2n) is 2.18. The minimum atomic E-state index is 0.339. The van der Waals surface area contributed by atoms with Gasteiger partial charge in [0.25, 0.3) is 0 Å². The first-order chi connectivity index (χ1) is 5.29. The fraction of sp³-hybridized carbons (Fsp3) is 0. The number of fused-ring (bicyclic) bond motifs is 1. The Hall–Kier alpha value is -1.22. The van der Waals surface area contributed by atoms with Crippen molar-refractivity contribution in [3.63, 3.8) is 0 Å². The Labute approximate surface area is 67.7 Å². The molecule has 2 N–H and O–H groups in total. The minimum absolute atomic E-state index is 0.339. The van der Waals surface area contributed by atoms with E-state index in [4.69, 9.17) is 21.9 Å². The third-order valence-corrected chi connectivity index (χ3v) is 1.79. The van der Waals surface area contributed by atoms with Gasteiger partial charge in [-0.15, -0.1) is 0 Å². The summed E-state index contributed by atoms with van der Waals surface area (Å²) in [5, 5.41) is 4.83. The number of hydrogen-bond acceptors (Lipinski definition) is 3. The van der Waals surface area contributed by atoms with Crippen molar-refractivity contribution in [1.82, 2.24) is 5.16 Å². The highest BCUT2D eigenvalue weighted by atomic mass is 35.5. The van der Waals surface area contributed by atoms with Gasteiger partial charge in [-0.05, 0) is 12.1 Å². The summed E-state index contributed by atoms with van der Waals surface area (Å²) in [5.41, 5.74) is 6.11. The van der Waals surface area contributed by atoms with Gasteiger partial charge >= 0.3 is 0 Å². The highest BCUT2D eigenvalue weighted by molar-refractivity contribution is 6.36. The molecule has 0 aliphatic heterocycles. The van der Waals surface area contributed by atoms with Crippen molar-refractivity contribution in [2.45, 2.75) is 0 Å². The first-order valence-corrected chi connectivity index (χ1v) is 3.46. The number of aromatic nitrogens is 1. The summed E-state index contributed by atoms with van der Waals surface area (Å²) >= 11 is 5.82. The third kappa shape index (κ3) is 0.851. The number of nitrogens with two attached hydrogens (primary N) is 1. The maximum absolute atomic E-state index is 5.82. The van der Waals surface area contributed by atoms with Crippen LogP contribution in [0.2, 0.25) is 5.02 Å². The van der Waals surface area contributed by atoms with E-state index in [1.54, 1.807) is 18.2 Å². The van der Waals surface area contributed by atoms with Crippen molar-refractivity contribution in [3.8, 4) is 0 Å². The molecular formula is C7H5ClN2O. The Morgan fingerprint density at radius 3 is 3.00 bits per heavy atom. The van der Waals surface area contributed by atoms with Crippen molar-refractivity contribution in [2.75, 3.05) is 5.73 Å². The van der Waals surface area contributed by atoms with E-state index < -0.39 is 0 Å². The lowest BCUT2D eigenvalue weighted by Crippen LogP contribution is -1.83. The molecule has 56 valence electrons. The summed E-state index contributed by atoms with van der Waals surface area (Å²) < 4.78 is 4.87. The molecule has 1 aromatic carbocycles. The summed E-state index contributed by atoms with van der Waals surface area (Å²) in [6.07, 6.45) is 0. The molecule has 1 heterocycles. The second-order valence-corrected chi connectivity index (χ2v) is 2.59. The van der Waals surface area contributed by atoms with E-state index in [0.717, 1.165) is 0 Å². The summed E-state index contributed by atoms with van der Waals surface area (Å²) in [6, 6.07) is 5.30. The summed E-state index contributed by atoms with van der Waals surface area (Å²) in [6.45, 7) is 0. The SMILES string of the molecule is Nc1noc2cccc(Cl)c12. The highest BCUT2D eigenvalue weighted by Gasteiger charge is 2.06. The molecule has 0 saturated heterocycles. The molecular weight excluding hydrogens is 164 g/mol. The Balaban J connectivity index is 2.96. The molecule has 2 rings (SSSR count). The van der Waals surface area contributed by atoms with Crippen LogP contribution in [0.25, 0.3) is 11.0 Å². The Kier molecular flexibility index (Phi) is 1.26. The molecule has 1 aromatic heterocycles. The molecule has 0 bridgehead atoms. The number of benzene rings is 1. The van der Waals surface area contributed by atoms with Gasteiger partial charge in [0.1, 0.15) is 0 Å². The van der Waals surface area contributed by atoms with Crippen LogP contribution in [0.15, 0.2) is 22.7 Å². The van der Waals surface area contributed by atoms with E-state index in [1.165, 1.54) is 0 Å². The van der Waals surface area contributed by atoms with Crippen LogP contribution in [0.3, 0.4) is 0 Å². The fourth-order valence-corrected chi connectivity index (χ4v) is 1.24. The average Bonchev–Trinajstić information content (AvgIpc) is 2.34. The molecule has 3 nitrogen and oxygen atoms in total. The van der Waals surface area contributed by atoms with Gasteiger partial charge in [-0.3, -0.25) is 0 Å². The lowest BCUT2D eigenvalue weighted by Gasteiger charge is -1.89. The zero-order valence-corrected chi connectivity index (χ0v) is 6.30. The Morgan fingerprint density at radius 2 is 2.27 bits per heavy atom. The smallest absolute Gasteiger partial charge is 0.176 e. The molecule has 0 spiro atoms. The molecule has 0 aliphatic carbocycles. The molecule has 0 fully saturated rings. The zero-order chi connectivity index (χ0) is 7.84. The van der Waals surface area contributed by atoms with Crippen LogP contribution in [-0.4, -0.2) is 5.16 Å². The molecule has 0 unspecified atom stereocenters. The number of hydrogen-bond donors (Lipinski definition) is 1. The molecule has 0 aliphatic rings. The quantitative estimate of drug-likeness (QED) is 0.655. The zero-order valence-electron chi connectivity index (χ0n) is 5.54. The maximum atomic E-state index is 5.82. The summed E-state index contributed by atoms with van der Waals surface area (Å²) in [5.74, 6) is 0.339. The van der Waals surface area contributed by atoms with E-state index in [9.17, 15) is 0 Å². The number of rotatable bonds is 0. The predicted octanol–water partition coefficient (Wildman–Crippen LogP) is 2.06. The first kappa shape index (κ1) is 6.49. The molecule has 2 aromatic rings. The number of nitrogens with zero attached hydrogens (tertiary/aromatic N) is 1. The Morgan fingerprint density at radius 1 is 1.45 bits per heavy atom. The summed E-state index contributed by atoms with van der Waals surface area (Å²) in [7, 11) is 0. The van der Waals surface area contributed by atoms with Crippen molar-refractivity contribution < 1.29 is 4.52 Å². The number of anilines is 1.